The number of thiophene rings is 2. The minimum absolute atomic E-state index is 1.15. The highest BCUT2D eigenvalue weighted by Crippen LogP contribution is 2.47. The minimum Gasteiger partial charge on any atom is -0.309 e. The number of hydrogen-bond donors (Lipinski definition) is 0. The van der Waals surface area contributed by atoms with Crippen molar-refractivity contribution in [3.05, 3.63) is 249 Å². The van der Waals surface area contributed by atoms with Crippen molar-refractivity contribution in [3.8, 4) is 39.3 Å². The minimum atomic E-state index is 1.15. The van der Waals surface area contributed by atoms with Crippen LogP contribution in [0.4, 0.5) is 0 Å². The Balaban J connectivity index is 0.860. The highest BCUT2D eigenvalue weighted by atomic mass is 32.1. The molecule has 0 aliphatic carbocycles. The van der Waals surface area contributed by atoms with Crippen molar-refractivity contribution in [3.63, 3.8) is 0 Å². The van der Waals surface area contributed by atoms with E-state index >= 15 is 0 Å². The molecule has 75 heavy (non-hydrogen) atoms. The molecular weight excluding hydrogens is 947 g/mol. The molecule has 0 fully saturated rings. The van der Waals surface area contributed by atoms with E-state index in [9.17, 15) is 0 Å². The quantitative estimate of drug-likeness (QED) is 0.163. The largest absolute Gasteiger partial charge is 0.309 e. The van der Waals surface area contributed by atoms with Crippen LogP contribution in [0.25, 0.3) is 156 Å². The fourth-order valence-corrected chi connectivity index (χ4v) is 15.1. The third-order valence-electron chi connectivity index (χ3n) is 16.0. The van der Waals surface area contributed by atoms with Gasteiger partial charge in [0, 0.05) is 83.7 Å². The second-order valence-corrected chi connectivity index (χ2v) is 22.1. The first-order chi connectivity index (χ1) is 37.2. The van der Waals surface area contributed by atoms with Gasteiger partial charge in [0.25, 0.3) is 0 Å². The summed E-state index contributed by atoms with van der Waals surface area (Å²) >= 11 is 3.77. The number of rotatable bonds is 5. The van der Waals surface area contributed by atoms with Crippen LogP contribution in [0.3, 0.4) is 0 Å². The molecule has 0 unspecified atom stereocenters. The maximum Gasteiger partial charge on any atom is 0.0782 e. The second kappa shape index (κ2) is 15.6. The topological polar surface area (TPSA) is 14.8 Å². The number of hydrogen-bond acceptors (Lipinski definition) is 2. The monoisotopic (exact) mass is 987 g/mol. The Morgan fingerprint density at radius 3 is 1.45 bits per heavy atom. The van der Waals surface area contributed by atoms with E-state index in [-0.39, 0.29) is 0 Å². The van der Waals surface area contributed by atoms with Crippen molar-refractivity contribution in [2.75, 3.05) is 0 Å². The summed E-state index contributed by atoms with van der Waals surface area (Å²) in [5, 5.41) is 15.2. The molecule has 0 saturated carbocycles. The van der Waals surface area contributed by atoms with E-state index in [1.807, 2.05) is 22.7 Å². The standard InChI is InChI=1S/C70H41N3S2/c1-2-16-44(17-3-1)71-58-26-10-6-20-49(58)53-25-15-29-62(70(53)71)73-61-28-14-24-46(69(61)57-41-68-56(39-64(57)73)52-23-9-13-31-66(52)75-68)43-34-32-42(33-35-43)45-36-37-60(48-19-5-4-18-47(45)48)72-59-27-11-7-21-50(59)54-40-67-55(38-63(54)72)51-22-8-12-30-65(51)74-67/h1-41H. The highest BCUT2D eigenvalue weighted by Gasteiger charge is 2.24. The fraction of sp³-hybridized carbons (Fsp3) is 0. The van der Waals surface area contributed by atoms with Crippen LogP contribution in [-0.4, -0.2) is 13.7 Å². The van der Waals surface area contributed by atoms with Gasteiger partial charge in [0.15, 0.2) is 0 Å². The maximum atomic E-state index is 2.55. The van der Waals surface area contributed by atoms with E-state index < -0.39 is 0 Å². The van der Waals surface area contributed by atoms with Crippen LogP contribution in [0, 0.1) is 0 Å². The molecule has 17 rings (SSSR count). The number of fused-ring (bicyclic) bond motifs is 16. The van der Waals surface area contributed by atoms with E-state index in [1.54, 1.807) is 0 Å². The zero-order valence-electron chi connectivity index (χ0n) is 40.3. The van der Waals surface area contributed by atoms with Crippen molar-refractivity contribution in [1.29, 1.82) is 0 Å². The Labute approximate surface area is 438 Å². The first-order valence-corrected chi connectivity index (χ1v) is 27.3. The summed E-state index contributed by atoms with van der Waals surface area (Å²) in [7, 11) is 0. The molecule has 0 bridgehead atoms. The Morgan fingerprint density at radius 2 is 0.747 bits per heavy atom. The molecular formula is C70H41N3S2. The van der Waals surface area contributed by atoms with E-state index in [2.05, 4.69) is 262 Å². The van der Waals surface area contributed by atoms with Crippen molar-refractivity contribution in [1.82, 2.24) is 13.7 Å². The Morgan fingerprint density at radius 1 is 0.240 bits per heavy atom. The zero-order chi connectivity index (χ0) is 48.9. The second-order valence-electron chi connectivity index (χ2n) is 19.9. The first kappa shape index (κ1) is 41.2. The number of benzene rings is 12. The van der Waals surface area contributed by atoms with Gasteiger partial charge in [-0.15, -0.1) is 22.7 Å². The molecule has 0 atom stereocenters. The van der Waals surface area contributed by atoms with Crippen molar-refractivity contribution in [2.24, 2.45) is 0 Å². The summed E-state index contributed by atoms with van der Waals surface area (Å²) in [6.45, 7) is 0. The predicted octanol–water partition coefficient (Wildman–Crippen LogP) is 20.2. The summed E-state index contributed by atoms with van der Waals surface area (Å²) in [5.74, 6) is 0. The lowest BCUT2D eigenvalue weighted by Crippen LogP contribution is -2.00. The van der Waals surface area contributed by atoms with Gasteiger partial charge in [-0.2, -0.15) is 0 Å². The van der Waals surface area contributed by atoms with Crippen LogP contribution in [0.5, 0.6) is 0 Å². The lowest BCUT2D eigenvalue weighted by molar-refractivity contribution is 1.13. The summed E-state index contributed by atoms with van der Waals surface area (Å²) < 4.78 is 12.8. The molecule has 348 valence electrons. The van der Waals surface area contributed by atoms with Crippen molar-refractivity contribution < 1.29 is 0 Å². The molecule has 0 aliphatic heterocycles. The number of nitrogens with zero attached hydrogens (tertiary/aromatic N) is 3. The lowest BCUT2D eigenvalue weighted by atomic mass is 9.94. The average molecular weight is 988 g/mol. The molecule has 0 amide bonds. The lowest BCUT2D eigenvalue weighted by Gasteiger charge is -2.15. The molecule has 3 nitrogen and oxygen atoms in total. The van der Waals surface area contributed by atoms with Crippen LogP contribution in [0.1, 0.15) is 0 Å². The van der Waals surface area contributed by atoms with Gasteiger partial charge < -0.3 is 13.7 Å². The van der Waals surface area contributed by atoms with Crippen LogP contribution in [0.2, 0.25) is 0 Å². The summed E-state index contributed by atoms with van der Waals surface area (Å²) in [5.41, 5.74) is 15.5. The van der Waals surface area contributed by atoms with Crippen LogP contribution in [-0.2, 0) is 0 Å². The third kappa shape index (κ3) is 5.85. The smallest absolute Gasteiger partial charge is 0.0782 e. The van der Waals surface area contributed by atoms with Gasteiger partial charge >= 0.3 is 0 Å². The molecule has 0 spiro atoms. The van der Waals surface area contributed by atoms with E-state index in [0.717, 1.165) is 11.4 Å². The van der Waals surface area contributed by atoms with Gasteiger partial charge in [0.2, 0.25) is 0 Å². The van der Waals surface area contributed by atoms with E-state index in [4.69, 9.17) is 0 Å². The van der Waals surface area contributed by atoms with Gasteiger partial charge in [-0.1, -0.05) is 170 Å². The van der Waals surface area contributed by atoms with E-state index in [0.29, 0.717) is 0 Å². The molecule has 5 aromatic heterocycles. The third-order valence-corrected chi connectivity index (χ3v) is 18.3. The van der Waals surface area contributed by atoms with Crippen LogP contribution < -0.4 is 0 Å². The van der Waals surface area contributed by atoms with Gasteiger partial charge in [0.1, 0.15) is 0 Å². The maximum absolute atomic E-state index is 2.55. The van der Waals surface area contributed by atoms with E-state index in [1.165, 1.54) is 144 Å². The zero-order valence-corrected chi connectivity index (χ0v) is 42.0. The summed E-state index contributed by atoms with van der Waals surface area (Å²) in [4.78, 5) is 0. The molecule has 17 aromatic rings. The summed E-state index contributed by atoms with van der Waals surface area (Å²) in [6, 6.07) is 92.7. The van der Waals surface area contributed by atoms with Gasteiger partial charge in [0.05, 0.1) is 44.5 Å². The number of aromatic nitrogens is 3. The molecule has 0 aliphatic rings. The SMILES string of the molecule is c1ccc(-n2c3ccccc3c3cccc(-n4c5cc6c(cc5c5c(-c7ccc(-c8ccc(-n9c%10ccccc%10c%10cc%11sc%12ccccc%12c%11cc%109)c9ccccc89)cc7)cccc54)sc4ccccc46)c32)cc1. The van der Waals surface area contributed by atoms with Crippen LogP contribution in [0.15, 0.2) is 249 Å². The van der Waals surface area contributed by atoms with Crippen molar-refractivity contribution in [2.45, 2.75) is 0 Å². The molecule has 12 aromatic carbocycles. The molecule has 0 saturated heterocycles. The van der Waals surface area contributed by atoms with Gasteiger partial charge in [-0.05, 0) is 107 Å². The molecule has 5 heteroatoms. The van der Waals surface area contributed by atoms with Gasteiger partial charge in [-0.25, -0.2) is 0 Å². The average Bonchev–Trinajstić information content (AvgIpc) is 4.33. The Hall–Kier alpha value is -9.26. The molecule has 0 N–H and O–H groups in total. The highest BCUT2D eigenvalue weighted by molar-refractivity contribution is 7.26. The normalized spacial score (nSPS) is 12.3. The fourth-order valence-electron chi connectivity index (χ4n) is 12.8. The molecule has 5 heterocycles. The van der Waals surface area contributed by atoms with Crippen molar-refractivity contribution >= 4 is 139 Å². The molecule has 0 radical (unpaired) electrons. The van der Waals surface area contributed by atoms with Gasteiger partial charge in [-0.3, -0.25) is 0 Å². The van der Waals surface area contributed by atoms with Crippen LogP contribution >= 0.6 is 22.7 Å². The summed E-state index contributed by atoms with van der Waals surface area (Å²) in [6.07, 6.45) is 0. The Bertz CT molecular complexity index is 5240. The predicted molar refractivity (Wildman–Crippen MR) is 324 cm³/mol. The Kier molecular flexibility index (Phi) is 8.59. The first-order valence-electron chi connectivity index (χ1n) is 25.7. The number of para-hydroxylation sites is 4.